The number of piperidine rings is 1. The van der Waals surface area contributed by atoms with Crippen molar-refractivity contribution in [3.8, 4) is 0 Å². The molecule has 8 heteroatoms. The molecule has 0 saturated carbocycles. The maximum absolute atomic E-state index is 12.5. The summed E-state index contributed by atoms with van der Waals surface area (Å²) < 4.78 is 1.81. The standard InChI is InChI=1S/C17H21ClN4O3/c1-21-14(10-23)19-20-16(21)11-5-7-22(8-6-11)17(25)15(24)12-3-2-4-13(18)9-12/h2-4,9,11,15,23-24H,5-8,10H2,1H3/t15-/m1/s1. The van der Waals surface area contributed by atoms with E-state index < -0.39 is 6.10 Å². The number of nitrogens with zero attached hydrogens (tertiary/aromatic N) is 4. The zero-order valence-corrected chi connectivity index (χ0v) is 14.7. The van der Waals surface area contributed by atoms with E-state index >= 15 is 0 Å². The summed E-state index contributed by atoms with van der Waals surface area (Å²) in [6, 6.07) is 6.71. The Morgan fingerprint density at radius 1 is 1.36 bits per heavy atom. The number of aliphatic hydroxyl groups is 2. The number of aliphatic hydroxyl groups excluding tert-OH is 2. The summed E-state index contributed by atoms with van der Waals surface area (Å²) in [5.41, 5.74) is 0.500. The van der Waals surface area contributed by atoms with Crippen LogP contribution in [0.4, 0.5) is 0 Å². The largest absolute Gasteiger partial charge is 0.388 e. The molecule has 2 N–H and O–H groups in total. The molecule has 7 nitrogen and oxygen atoms in total. The lowest BCUT2D eigenvalue weighted by atomic mass is 9.95. The van der Waals surface area contributed by atoms with Crippen LogP contribution in [-0.2, 0) is 18.4 Å². The van der Waals surface area contributed by atoms with Gasteiger partial charge in [-0.05, 0) is 30.5 Å². The monoisotopic (exact) mass is 364 g/mol. The molecule has 1 fully saturated rings. The van der Waals surface area contributed by atoms with Gasteiger partial charge in [0.2, 0.25) is 0 Å². The SMILES string of the molecule is Cn1c(CO)nnc1C1CCN(C(=O)[C@H](O)c2cccc(Cl)c2)CC1. The zero-order valence-electron chi connectivity index (χ0n) is 14.0. The third kappa shape index (κ3) is 3.68. The Kier molecular flexibility index (Phi) is 5.36. The number of likely N-dealkylation sites (tertiary alicyclic amines) is 1. The van der Waals surface area contributed by atoms with Gasteiger partial charge in [0.1, 0.15) is 12.4 Å². The van der Waals surface area contributed by atoms with Crippen LogP contribution in [0.15, 0.2) is 24.3 Å². The lowest BCUT2D eigenvalue weighted by molar-refractivity contribution is -0.141. The molecule has 1 saturated heterocycles. The predicted molar refractivity (Wildman–Crippen MR) is 91.9 cm³/mol. The fourth-order valence-electron chi connectivity index (χ4n) is 3.22. The predicted octanol–water partition coefficient (Wildman–Crippen LogP) is 1.40. The minimum Gasteiger partial charge on any atom is -0.388 e. The number of benzene rings is 1. The second kappa shape index (κ2) is 7.51. The van der Waals surface area contributed by atoms with Gasteiger partial charge in [-0.2, -0.15) is 0 Å². The van der Waals surface area contributed by atoms with E-state index in [1.54, 1.807) is 29.2 Å². The van der Waals surface area contributed by atoms with Crippen LogP contribution in [-0.4, -0.2) is 48.9 Å². The highest BCUT2D eigenvalue weighted by atomic mass is 35.5. The van der Waals surface area contributed by atoms with Crippen LogP contribution in [0.25, 0.3) is 0 Å². The van der Waals surface area contributed by atoms with Crippen LogP contribution in [0, 0.1) is 0 Å². The van der Waals surface area contributed by atoms with Gasteiger partial charge in [-0.3, -0.25) is 4.79 Å². The van der Waals surface area contributed by atoms with E-state index in [9.17, 15) is 15.0 Å². The first-order valence-electron chi connectivity index (χ1n) is 8.22. The second-order valence-corrected chi connectivity index (χ2v) is 6.69. The van der Waals surface area contributed by atoms with Crippen LogP contribution >= 0.6 is 11.6 Å². The van der Waals surface area contributed by atoms with Crippen molar-refractivity contribution in [1.82, 2.24) is 19.7 Å². The Morgan fingerprint density at radius 3 is 2.68 bits per heavy atom. The molecule has 2 heterocycles. The Morgan fingerprint density at radius 2 is 2.08 bits per heavy atom. The molecule has 0 unspecified atom stereocenters. The number of hydrogen-bond donors (Lipinski definition) is 2. The van der Waals surface area contributed by atoms with E-state index in [2.05, 4.69) is 10.2 Å². The van der Waals surface area contributed by atoms with Crippen molar-refractivity contribution in [3.05, 3.63) is 46.5 Å². The van der Waals surface area contributed by atoms with Crippen LogP contribution in [0.3, 0.4) is 0 Å². The maximum Gasteiger partial charge on any atom is 0.256 e. The van der Waals surface area contributed by atoms with E-state index in [4.69, 9.17) is 11.6 Å². The van der Waals surface area contributed by atoms with Gasteiger partial charge in [0, 0.05) is 31.1 Å². The molecule has 1 aliphatic rings. The van der Waals surface area contributed by atoms with Crippen LogP contribution in [0.5, 0.6) is 0 Å². The van der Waals surface area contributed by atoms with Gasteiger partial charge >= 0.3 is 0 Å². The van der Waals surface area contributed by atoms with E-state index in [-0.39, 0.29) is 18.4 Å². The third-order valence-corrected chi connectivity index (χ3v) is 4.95. The number of carbonyl (C=O) groups is 1. The average Bonchev–Trinajstić information content (AvgIpc) is 3.01. The quantitative estimate of drug-likeness (QED) is 0.855. The Labute approximate surface area is 150 Å². The summed E-state index contributed by atoms with van der Waals surface area (Å²) in [5.74, 6) is 1.23. The van der Waals surface area contributed by atoms with Gasteiger partial charge < -0.3 is 19.7 Å². The molecule has 1 amide bonds. The Bertz CT molecular complexity index is 756. The summed E-state index contributed by atoms with van der Waals surface area (Å²) in [6.07, 6.45) is 0.280. The minimum atomic E-state index is -1.20. The molecule has 134 valence electrons. The molecule has 0 radical (unpaired) electrons. The molecule has 2 aromatic rings. The number of rotatable bonds is 4. The summed E-state index contributed by atoms with van der Waals surface area (Å²) >= 11 is 5.93. The van der Waals surface area contributed by atoms with Gasteiger partial charge in [0.25, 0.3) is 5.91 Å². The van der Waals surface area contributed by atoms with Crippen molar-refractivity contribution < 1.29 is 15.0 Å². The van der Waals surface area contributed by atoms with Crippen molar-refractivity contribution in [1.29, 1.82) is 0 Å². The van der Waals surface area contributed by atoms with Gasteiger partial charge in [0.05, 0.1) is 0 Å². The van der Waals surface area contributed by atoms with Gasteiger partial charge in [0.15, 0.2) is 11.9 Å². The van der Waals surface area contributed by atoms with Crippen LogP contribution in [0.1, 0.15) is 42.1 Å². The van der Waals surface area contributed by atoms with Crippen molar-refractivity contribution >= 4 is 17.5 Å². The Balaban J connectivity index is 1.63. The first-order valence-corrected chi connectivity index (χ1v) is 8.60. The van der Waals surface area contributed by atoms with Gasteiger partial charge in [-0.25, -0.2) is 0 Å². The molecule has 1 aromatic heterocycles. The van der Waals surface area contributed by atoms with Crippen molar-refractivity contribution in [2.75, 3.05) is 13.1 Å². The molecule has 0 aliphatic carbocycles. The third-order valence-electron chi connectivity index (χ3n) is 4.71. The van der Waals surface area contributed by atoms with Crippen molar-refractivity contribution in [3.63, 3.8) is 0 Å². The second-order valence-electron chi connectivity index (χ2n) is 6.25. The highest BCUT2D eigenvalue weighted by Crippen LogP contribution is 2.28. The van der Waals surface area contributed by atoms with E-state index in [1.807, 2.05) is 11.6 Å². The lowest BCUT2D eigenvalue weighted by Crippen LogP contribution is -2.41. The van der Waals surface area contributed by atoms with Gasteiger partial charge in [-0.1, -0.05) is 23.7 Å². The fourth-order valence-corrected chi connectivity index (χ4v) is 3.42. The highest BCUT2D eigenvalue weighted by Gasteiger charge is 2.30. The smallest absolute Gasteiger partial charge is 0.256 e. The molecule has 0 spiro atoms. The molecule has 1 aromatic carbocycles. The molecular weight excluding hydrogens is 344 g/mol. The molecule has 1 aliphatic heterocycles. The molecule has 25 heavy (non-hydrogen) atoms. The molecule has 0 bridgehead atoms. The summed E-state index contributed by atoms with van der Waals surface area (Å²) in [4.78, 5) is 14.2. The maximum atomic E-state index is 12.5. The van der Waals surface area contributed by atoms with E-state index in [1.165, 1.54) is 0 Å². The highest BCUT2D eigenvalue weighted by molar-refractivity contribution is 6.30. The normalized spacial score (nSPS) is 16.9. The minimum absolute atomic E-state index is 0.146. The average molecular weight is 365 g/mol. The first-order chi connectivity index (χ1) is 12.0. The van der Waals surface area contributed by atoms with Crippen LogP contribution in [0.2, 0.25) is 5.02 Å². The Hall–Kier alpha value is -1.96. The number of aromatic nitrogens is 3. The lowest BCUT2D eigenvalue weighted by Gasteiger charge is -2.32. The summed E-state index contributed by atoms with van der Waals surface area (Å²) in [5, 5.41) is 28.2. The molecule has 1 atom stereocenters. The molecule has 3 rings (SSSR count). The fraction of sp³-hybridized carbons (Fsp3) is 0.471. The van der Waals surface area contributed by atoms with Crippen molar-refractivity contribution in [2.45, 2.75) is 31.5 Å². The number of halogens is 1. The number of amides is 1. The topological polar surface area (TPSA) is 91.5 Å². The van der Waals surface area contributed by atoms with Crippen molar-refractivity contribution in [2.24, 2.45) is 7.05 Å². The summed E-state index contributed by atoms with van der Waals surface area (Å²) in [6.45, 7) is 0.942. The first kappa shape index (κ1) is 17.8. The number of hydrogen-bond acceptors (Lipinski definition) is 5. The number of carbonyl (C=O) groups excluding carboxylic acids is 1. The van der Waals surface area contributed by atoms with E-state index in [0.29, 0.717) is 29.5 Å². The van der Waals surface area contributed by atoms with Crippen LogP contribution < -0.4 is 0 Å². The summed E-state index contributed by atoms with van der Waals surface area (Å²) in [7, 11) is 1.83. The molecular formula is C17H21ClN4O3. The van der Waals surface area contributed by atoms with Gasteiger partial charge in [-0.15, -0.1) is 10.2 Å². The van der Waals surface area contributed by atoms with E-state index in [0.717, 1.165) is 18.7 Å². The zero-order chi connectivity index (χ0) is 18.0.